The van der Waals surface area contributed by atoms with Gasteiger partial charge in [-0.25, -0.2) is 0 Å². The predicted octanol–water partition coefficient (Wildman–Crippen LogP) is 4.67. The van der Waals surface area contributed by atoms with Crippen LogP contribution in [-0.2, 0) is 0 Å². The molecule has 0 spiro atoms. The number of hydrogen-bond acceptors (Lipinski definition) is 1. The molecule has 0 bridgehead atoms. The van der Waals surface area contributed by atoms with E-state index in [4.69, 9.17) is 0 Å². The third-order valence-electron chi connectivity index (χ3n) is 2.93. The maximum absolute atomic E-state index is 3.55. The highest BCUT2D eigenvalue weighted by Gasteiger charge is 2.15. The summed E-state index contributed by atoms with van der Waals surface area (Å²) in [5, 5.41) is 3.40. The van der Waals surface area contributed by atoms with E-state index < -0.39 is 0 Å². The van der Waals surface area contributed by atoms with Gasteiger partial charge in [0.1, 0.15) is 0 Å². The maximum Gasteiger partial charge on any atom is 0.0585 e. The molecule has 0 aliphatic carbocycles. The van der Waals surface area contributed by atoms with Crippen molar-refractivity contribution in [2.75, 3.05) is 7.05 Å². The van der Waals surface area contributed by atoms with Crippen molar-refractivity contribution in [3.05, 3.63) is 67.2 Å². The molecule has 3 heteroatoms. The van der Waals surface area contributed by atoms with Crippen LogP contribution in [0.25, 0.3) is 0 Å². The van der Waals surface area contributed by atoms with Crippen molar-refractivity contribution in [3.8, 4) is 0 Å². The van der Waals surface area contributed by atoms with Gasteiger partial charge in [0.05, 0.1) is 6.04 Å². The summed E-state index contributed by atoms with van der Waals surface area (Å²) in [6.45, 7) is 2.13. The molecule has 0 saturated carbocycles. The molecule has 0 aromatic heterocycles. The molecule has 94 valence electrons. The molecular weight excluding hydrogens is 401 g/mol. The summed E-state index contributed by atoms with van der Waals surface area (Å²) >= 11 is 5.94. The Morgan fingerprint density at radius 1 is 1.17 bits per heavy atom. The Morgan fingerprint density at radius 3 is 2.61 bits per heavy atom. The number of halogens is 2. The molecule has 0 aliphatic heterocycles. The first kappa shape index (κ1) is 14.0. The van der Waals surface area contributed by atoms with Gasteiger partial charge in [-0.3, -0.25) is 0 Å². The highest BCUT2D eigenvalue weighted by molar-refractivity contribution is 14.1. The maximum atomic E-state index is 3.55. The van der Waals surface area contributed by atoms with Crippen LogP contribution in [0.4, 0.5) is 0 Å². The van der Waals surface area contributed by atoms with Crippen LogP contribution in [-0.4, -0.2) is 7.05 Å². The Labute approximate surface area is 130 Å². The van der Waals surface area contributed by atoms with Crippen LogP contribution in [0.3, 0.4) is 0 Å². The second kappa shape index (κ2) is 6.17. The fourth-order valence-corrected chi connectivity index (χ4v) is 3.11. The zero-order valence-electron chi connectivity index (χ0n) is 10.4. The largest absolute Gasteiger partial charge is 0.309 e. The van der Waals surface area contributed by atoms with Crippen LogP contribution in [0.15, 0.2) is 46.9 Å². The third kappa shape index (κ3) is 3.13. The summed E-state index contributed by atoms with van der Waals surface area (Å²) < 4.78 is 2.39. The minimum atomic E-state index is 0.231. The van der Waals surface area contributed by atoms with E-state index in [0.717, 1.165) is 4.47 Å². The minimum absolute atomic E-state index is 0.231. The van der Waals surface area contributed by atoms with Crippen molar-refractivity contribution in [2.45, 2.75) is 13.0 Å². The summed E-state index contributed by atoms with van der Waals surface area (Å²) in [5.74, 6) is 0. The standard InChI is InChI=1S/C15H15BrIN/c1-10-4-3-5-11(8-10)15(18-2)13-9-12(16)6-7-14(13)17/h3-9,15,18H,1-2H3. The van der Waals surface area contributed by atoms with E-state index in [1.54, 1.807) is 0 Å². The Balaban J connectivity index is 2.48. The van der Waals surface area contributed by atoms with Gasteiger partial charge in [0, 0.05) is 8.04 Å². The van der Waals surface area contributed by atoms with Crippen molar-refractivity contribution >= 4 is 38.5 Å². The van der Waals surface area contributed by atoms with E-state index >= 15 is 0 Å². The smallest absolute Gasteiger partial charge is 0.0585 e. The fourth-order valence-electron chi connectivity index (χ4n) is 2.09. The summed E-state index contributed by atoms with van der Waals surface area (Å²) in [7, 11) is 2.00. The zero-order valence-corrected chi connectivity index (χ0v) is 14.1. The van der Waals surface area contributed by atoms with E-state index in [9.17, 15) is 0 Å². The summed E-state index contributed by atoms with van der Waals surface area (Å²) in [4.78, 5) is 0. The molecule has 0 aliphatic rings. The molecule has 0 heterocycles. The fraction of sp³-hybridized carbons (Fsp3) is 0.200. The van der Waals surface area contributed by atoms with E-state index in [0.29, 0.717) is 0 Å². The van der Waals surface area contributed by atoms with Gasteiger partial charge in [0.25, 0.3) is 0 Å². The molecule has 1 unspecified atom stereocenters. The van der Waals surface area contributed by atoms with Crippen molar-refractivity contribution in [3.63, 3.8) is 0 Å². The molecule has 1 atom stereocenters. The molecule has 0 fully saturated rings. The van der Waals surface area contributed by atoms with Crippen LogP contribution in [0, 0.1) is 10.5 Å². The highest BCUT2D eigenvalue weighted by atomic mass is 127. The Hall–Kier alpha value is -0.390. The molecule has 2 aromatic rings. The van der Waals surface area contributed by atoms with Crippen LogP contribution in [0.2, 0.25) is 0 Å². The lowest BCUT2D eigenvalue weighted by molar-refractivity contribution is 0.687. The average Bonchev–Trinajstić information content (AvgIpc) is 2.35. The molecule has 1 nitrogen and oxygen atoms in total. The lowest BCUT2D eigenvalue weighted by Gasteiger charge is -2.19. The lowest BCUT2D eigenvalue weighted by Crippen LogP contribution is -2.18. The van der Waals surface area contributed by atoms with Gasteiger partial charge >= 0.3 is 0 Å². The normalized spacial score (nSPS) is 12.4. The Morgan fingerprint density at radius 2 is 1.94 bits per heavy atom. The number of aryl methyl sites for hydroxylation is 1. The average molecular weight is 416 g/mol. The second-order valence-corrected chi connectivity index (χ2v) is 6.38. The summed E-state index contributed by atoms with van der Waals surface area (Å²) in [6.07, 6.45) is 0. The molecule has 1 N–H and O–H groups in total. The van der Waals surface area contributed by atoms with E-state index in [-0.39, 0.29) is 6.04 Å². The molecule has 0 saturated heterocycles. The monoisotopic (exact) mass is 415 g/mol. The predicted molar refractivity (Wildman–Crippen MR) is 88.9 cm³/mol. The number of rotatable bonds is 3. The van der Waals surface area contributed by atoms with Crippen molar-refractivity contribution < 1.29 is 0 Å². The number of hydrogen-bond donors (Lipinski definition) is 1. The van der Waals surface area contributed by atoms with Gasteiger partial charge in [-0.2, -0.15) is 0 Å². The van der Waals surface area contributed by atoms with Crippen LogP contribution >= 0.6 is 38.5 Å². The highest BCUT2D eigenvalue weighted by Crippen LogP contribution is 2.29. The van der Waals surface area contributed by atoms with E-state index in [1.165, 1.54) is 20.3 Å². The number of benzene rings is 2. The van der Waals surface area contributed by atoms with Gasteiger partial charge in [0.2, 0.25) is 0 Å². The first-order valence-corrected chi connectivity index (χ1v) is 7.68. The van der Waals surface area contributed by atoms with Gasteiger partial charge < -0.3 is 5.32 Å². The van der Waals surface area contributed by atoms with Gasteiger partial charge in [-0.05, 0) is 65.9 Å². The van der Waals surface area contributed by atoms with Gasteiger partial charge in [-0.15, -0.1) is 0 Å². The number of nitrogens with one attached hydrogen (secondary N) is 1. The zero-order chi connectivity index (χ0) is 13.1. The quantitative estimate of drug-likeness (QED) is 0.718. The van der Waals surface area contributed by atoms with Crippen molar-refractivity contribution in [1.29, 1.82) is 0 Å². The van der Waals surface area contributed by atoms with Crippen molar-refractivity contribution in [2.24, 2.45) is 0 Å². The van der Waals surface area contributed by atoms with Crippen molar-refractivity contribution in [1.82, 2.24) is 5.32 Å². The van der Waals surface area contributed by atoms with Crippen LogP contribution in [0.5, 0.6) is 0 Å². The Bertz CT molecular complexity index is 554. The summed E-state index contributed by atoms with van der Waals surface area (Å²) in [5.41, 5.74) is 3.89. The minimum Gasteiger partial charge on any atom is -0.309 e. The molecular formula is C15H15BrIN. The van der Waals surface area contributed by atoms with Crippen LogP contribution in [0.1, 0.15) is 22.7 Å². The lowest BCUT2D eigenvalue weighted by atomic mass is 9.97. The molecule has 18 heavy (non-hydrogen) atoms. The van der Waals surface area contributed by atoms with E-state index in [1.807, 2.05) is 7.05 Å². The summed E-state index contributed by atoms with van der Waals surface area (Å²) in [6, 6.07) is 15.3. The Kier molecular flexibility index (Phi) is 4.81. The molecule has 0 amide bonds. The topological polar surface area (TPSA) is 12.0 Å². The van der Waals surface area contributed by atoms with Gasteiger partial charge in [-0.1, -0.05) is 45.8 Å². The molecule has 2 rings (SSSR count). The first-order chi connectivity index (χ1) is 8.61. The SMILES string of the molecule is CNC(c1cccc(C)c1)c1cc(Br)ccc1I. The van der Waals surface area contributed by atoms with Crippen LogP contribution < -0.4 is 5.32 Å². The molecule has 2 aromatic carbocycles. The van der Waals surface area contributed by atoms with Gasteiger partial charge in [0.15, 0.2) is 0 Å². The first-order valence-electron chi connectivity index (χ1n) is 5.80. The third-order valence-corrected chi connectivity index (χ3v) is 4.41. The molecule has 0 radical (unpaired) electrons. The van der Waals surface area contributed by atoms with E-state index in [2.05, 4.69) is 93.2 Å². The second-order valence-electron chi connectivity index (χ2n) is 4.30.